The van der Waals surface area contributed by atoms with E-state index < -0.39 is 0 Å². The molecule has 0 spiro atoms. The van der Waals surface area contributed by atoms with E-state index in [0.29, 0.717) is 35.7 Å². The highest BCUT2D eigenvalue weighted by molar-refractivity contribution is 5.96. The molecule has 10 heteroatoms. The molecule has 0 fully saturated rings. The first-order valence-electron chi connectivity index (χ1n) is 10.0. The minimum atomic E-state index is 0.308. The molecule has 154 valence electrons. The highest BCUT2D eigenvalue weighted by atomic mass is 16.5. The summed E-state index contributed by atoms with van der Waals surface area (Å²) in [6.45, 7) is 3.83. The Hall–Kier alpha value is -3.92. The zero-order valence-electron chi connectivity index (χ0n) is 16.7. The Morgan fingerprint density at radius 2 is 2.00 bits per heavy atom. The van der Waals surface area contributed by atoms with Crippen molar-refractivity contribution in [3.8, 4) is 17.5 Å². The van der Waals surface area contributed by atoms with E-state index in [4.69, 9.17) is 14.2 Å². The van der Waals surface area contributed by atoms with Crippen LogP contribution in [-0.2, 0) is 19.6 Å². The number of hydrogen-bond donors (Lipinski definition) is 1. The van der Waals surface area contributed by atoms with Crippen molar-refractivity contribution in [3.63, 3.8) is 0 Å². The van der Waals surface area contributed by atoms with Gasteiger partial charge in [0.1, 0.15) is 6.61 Å². The van der Waals surface area contributed by atoms with Crippen LogP contribution in [0.1, 0.15) is 22.8 Å². The molecule has 6 rings (SSSR count). The normalized spacial score (nSPS) is 13.6. The molecule has 0 aliphatic carbocycles. The number of fused-ring (bicyclic) bond motifs is 4. The molecule has 5 aromatic rings. The van der Waals surface area contributed by atoms with E-state index in [0.717, 1.165) is 41.7 Å². The first-order chi connectivity index (χ1) is 15.3. The SMILES string of the molecule is Cc1nc(-c2nnc3c4ccccc4c(OCc4ccc5c(n4)CCNC5)nn23)no1. The monoisotopic (exact) mass is 414 g/mol. The molecule has 1 N–H and O–H groups in total. The van der Waals surface area contributed by atoms with Crippen LogP contribution in [0.5, 0.6) is 5.88 Å². The molecule has 1 aliphatic heterocycles. The third kappa shape index (κ3) is 3.08. The quantitative estimate of drug-likeness (QED) is 0.472. The number of hydrogen-bond acceptors (Lipinski definition) is 9. The van der Waals surface area contributed by atoms with Crippen molar-refractivity contribution < 1.29 is 9.26 Å². The number of aryl methyl sites for hydroxylation is 1. The van der Waals surface area contributed by atoms with Crippen molar-refractivity contribution in [1.82, 2.24) is 40.3 Å². The van der Waals surface area contributed by atoms with E-state index in [1.54, 1.807) is 11.4 Å². The van der Waals surface area contributed by atoms with Crippen LogP contribution in [0.3, 0.4) is 0 Å². The van der Waals surface area contributed by atoms with E-state index >= 15 is 0 Å². The van der Waals surface area contributed by atoms with Gasteiger partial charge < -0.3 is 14.6 Å². The minimum Gasteiger partial charge on any atom is -0.470 e. The van der Waals surface area contributed by atoms with E-state index in [-0.39, 0.29) is 0 Å². The number of benzene rings is 1. The first-order valence-corrected chi connectivity index (χ1v) is 10.0. The molecular formula is C21H18N8O2. The van der Waals surface area contributed by atoms with E-state index in [2.05, 4.69) is 36.8 Å². The number of nitrogens with zero attached hydrogens (tertiary/aromatic N) is 7. The third-order valence-electron chi connectivity index (χ3n) is 5.29. The lowest BCUT2D eigenvalue weighted by molar-refractivity contribution is 0.288. The fraction of sp³-hybridized carbons (Fsp3) is 0.238. The molecule has 0 atom stereocenters. The molecule has 31 heavy (non-hydrogen) atoms. The Morgan fingerprint density at radius 1 is 1.10 bits per heavy atom. The van der Waals surface area contributed by atoms with Gasteiger partial charge >= 0.3 is 0 Å². The second kappa shape index (κ2) is 7.10. The highest BCUT2D eigenvalue weighted by Crippen LogP contribution is 2.28. The van der Waals surface area contributed by atoms with Crippen molar-refractivity contribution in [1.29, 1.82) is 0 Å². The van der Waals surface area contributed by atoms with Gasteiger partial charge in [0.15, 0.2) is 5.65 Å². The Bertz CT molecular complexity index is 1420. The summed E-state index contributed by atoms with van der Waals surface area (Å²) in [5, 5.41) is 22.2. The average Bonchev–Trinajstić information content (AvgIpc) is 3.43. The second-order valence-corrected chi connectivity index (χ2v) is 7.37. The molecule has 0 saturated carbocycles. The van der Waals surface area contributed by atoms with Gasteiger partial charge in [0, 0.05) is 42.9 Å². The van der Waals surface area contributed by atoms with E-state index in [1.165, 1.54) is 5.56 Å². The third-order valence-corrected chi connectivity index (χ3v) is 5.29. The first kappa shape index (κ1) is 17.9. The van der Waals surface area contributed by atoms with Gasteiger partial charge in [-0.2, -0.15) is 9.50 Å². The van der Waals surface area contributed by atoms with Crippen molar-refractivity contribution in [3.05, 3.63) is 59.2 Å². The van der Waals surface area contributed by atoms with Crippen molar-refractivity contribution >= 4 is 16.4 Å². The largest absolute Gasteiger partial charge is 0.470 e. The predicted molar refractivity (Wildman–Crippen MR) is 110 cm³/mol. The molecule has 0 unspecified atom stereocenters. The van der Waals surface area contributed by atoms with Crippen LogP contribution in [0.15, 0.2) is 40.9 Å². The molecule has 0 amide bonds. The Morgan fingerprint density at radius 3 is 2.87 bits per heavy atom. The van der Waals surface area contributed by atoms with Gasteiger partial charge in [0.05, 0.1) is 5.69 Å². The number of aromatic nitrogens is 7. The van der Waals surface area contributed by atoms with E-state index in [9.17, 15) is 0 Å². The standard InChI is InChI=1S/C21H18N8O2/c1-12-23-18(28-31-12)20-26-25-19-15-4-2-3-5-16(15)21(27-29(19)20)30-11-14-7-6-13-10-22-9-8-17(13)24-14/h2-7,22H,8-11H2,1H3. The van der Waals surface area contributed by atoms with Gasteiger partial charge in [-0.3, -0.25) is 4.98 Å². The molecule has 5 heterocycles. The number of ether oxygens (including phenoxy) is 1. The topological polar surface area (TPSA) is 116 Å². The summed E-state index contributed by atoms with van der Waals surface area (Å²) in [4.78, 5) is 9.02. The summed E-state index contributed by atoms with van der Waals surface area (Å²) in [6.07, 6.45) is 0.921. The Labute approximate surface area is 176 Å². The maximum absolute atomic E-state index is 6.14. The predicted octanol–water partition coefficient (Wildman–Crippen LogP) is 2.26. The van der Waals surface area contributed by atoms with Gasteiger partial charge in [-0.25, -0.2) is 0 Å². The zero-order chi connectivity index (χ0) is 20.8. The molecular weight excluding hydrogens is 396 g/mol. The Balaban J connectivity index is 1.41. The minimum absolute atomic E-state index is 0.308. The van der Waals surface area contributed by atoms with Crippen molar-refractivity contribution in [2.75, 3.05) is 6.54 Å². The number of rotatable bonds is 4. The van der Waals surface area contributed by atoms with Crippen LogP contribution in [0, 0.1) is 6.92 Å². The van der Waals surface area contributed by atoms with E-state index in [1.807, 2.05) is 30.3 Å². The molecule has 4 aromatic heterocycles. The van der Waals surface area contributed by atoms with Gasteiger partial charge in [0.2, 0.25) is 23.4 Å². The lowest BCUT2D eigenvalue weighted by Gasteiger charge is -2.17. The average molecular weight is 414 g/mol. The van der Waals surface area contributed by atoms with Gasteiger partial charge in [-0.1, -0.05) is 29.4 Å². The molecule has 1 aromatic carbocycles. The second-order valence-electron chi connectivity index (χ2n) is 7.37. The summed E-state index contributed by atoms with van der Waals surface area (Å²) < 4.78 is 12.8. The lowest BCUT2D eigenvalue weighted by atomic mass is 10.1. The van der Waals surface area contributed by atoms with Crippen molar-refractivity contribution in [2.45, 2.75) is 26.5 Å². The number of nitrogens with one attached hydrogen (secondary N) is 1. The summed E-state index contributed by atoms with van der Waals surface area (Å²) in [7, 11) is 0. The van der Waals surface area contributed by atoms with Gasteiger partial charge in [-0.15, -0.1) is 15.3 Å². The van der Waals surface area contributed by atoms with Crippen LogP contribution in [0.4, 0.5) is 0 Å². The Kier molecular flexibility index (Phi) is 4.10. The van der Waals surface area contributed by atoms with Crippen molar-refractivity contribution in [2.24, 2.45) is 0 Å². The molecule has 0 bridgehead atoms. The number of pyridine rings is 1. The molecule has 10 nitrogen and oxygen atoms in total. The summed E-state index contributed by atoms with van der Waals surface area (Å²) in [6, 6.07) is 11.9. The van der Waals surface area contributed by atoms with Crippen LogP contribution in [0.25, 0.3) is 28.1 Å². The highest BCUT2D eigenvalue weighted by Gasteiger charge is 2.19. The van der Waals surface area contributed by atoms with Crippen LogP contribution >= 0.6 is 0 Å². The maximum Gasteiger partial charge on any atom is 0.242 e. The fourth-order valence-corrected chi connectivity index (χ4v) is 3.79. The smallest absolute Gasteiger partial charge is 0.242 e. The summed E-state index contributed by atoms with van der Waals surface area (Å²) >= 11 is 0. The molecule has 1 aliphatic rings. The maximum atomic E-state index is 6.14. The van der Waals surface area contributed by atoms with Crippen LogP contribution in [-0.4, -0.2) is 41.5 Å². The zero-order valence-corrected chi connectivity index (χ0v) is 16.7. The summed E-state index contributed by atoms with van der Waals surface area (Å²) in [5.74, 6) is 1.62. The van der Waals surface area contributed by atoms with Gasteiger partial charge in [0.25, 0.3) is 0 Å². The van der Waals surface area contributed by atoms with Crippen LogP contribution in [0.2, 0.25) is 0 Å². The summed E-state index contributed by atoms with van der Waals surface area (Å²) in [5.41, 5.74) is 3.83. The lowest BCUT2D eigenvalue weighted by Crippen LogP contribution is -2.24. The van der Waals surface area contributed by atoms with Gasteiger partial charge in [-0.05, 0) is 17.7 Å². The molecule has 0 radical (unpaired) electrons. The molecule has 0 saturated heterocycles. The fourth-order valence-electron chi connectivity index (χ4n) is 3.79. The van der Waals surface area contributed by atoms with Crippen LogP contribution < -0.4 is 10.1 Å².